The largest absolute Gasteiger partial charge is 0.237 e. The van der Waals surface area contributed by atoms with Gasteiger partial charge in [-0.25, -0.2) is 9.97 Å². The van der Waals surface area contributed by atoms with Gasteiger partial charge in [0.2, 0.25) is 0 Å². The molecule has 0 aliphatic rings. The molecule has 16 heavy (non-hydrogen) atoms. The molecule has 0 N–H and O–H groups in total. The summed E-state index contributed by atoms with van der Waals surface area (Å²) in [6.45, 7) is 3.98. The topological polar surface area (TPSA) is 25.8 Å². The Labute approximate surface area is 95.7 Å². The molecule has 2 rings (SSSR count). The van der Waals surface area contributed by atoms with Crippen molar-refractivity contribution in [3.63, 3.8) is 0 Å². The third-order valence-corrected chi connectivity index (χ3v) is 2.32. The van der Waals surface area contributed by atoms with Gasteiger partial charge in [0.15, 0.2) is 5.82 Å². The summed E-state index contributed by atoms with van der Waals surface area (Å²) in [5.41, 5.74) is 3.23. The summed E-state index contributed by atoms with van der Waals surface area (Å²) in [5, 5.41) is 0. The van der Waals surface area contributed by atoms with Gasteiger partial charge in [0.1, 0.15) is 0 Å². The average molecular weight is 210 g/mol. The molecule has 1 heterocycles. The zero-order chi connectivity index (χ0) is 11.4. The first-order valence-electron chi connectivity index (χ1n) is 5.32. The quantitative estimate of drug-likeness (QED) is 0.758. The monoisotopic (exact) mass is 210 g/mol. The van der Waals surface area contributed by atoms with Crippen LogP contribution in [0.15, 0.2) is 42.6 Å². The fourth-order valence-electron chi connectivity index (χ4n) is 1.52. The maximum absolute atomic E-state index is 4.39. The van der Waals surface area contributed by atoms with E-state index in [1.54, 1.807) is 6.20 Å². The van der Waals surface area contributed by atoms with Crippen LogP contribution in [0.4, 0.5) is 0 Å². The maximum Gasteiger partial charge on any atom is 0.159 e. The summed E-state index contributed by atoms with van der Waals surface area (Å²) in [6, 6.07) is 10.1. The molecule has 0 bridgehead atoms. The van der Waals surface area contributed by atoms with Crippen LogP contribution < -0.4 is 0 Å². The predicted molar refractivity (Wildman–Crippen MR) is 66.9 cm³/mol. The lowest BCUT2D eigenvalue weighted by Crippen LogP contribution is -1.90. The molecule has 0 spiro atoms. The highest BCUT2D eigenvalue weighted by Crippen LogP contribution is 2.16. The van der Waals surface area contributed by atoms with E-state index in [0.29, 0.717) is 0 Å². The standard InChI is InChI=1S/C14H14N2/c1-3-4-12-5-7-13(8-6-12)14-15-10-9-11(2)16-14/h3-10H,1-2H3/b4-3+. The summed E-state index contributed by atoms with van der Waals surface area (Å²) < 4.78 is 0. The van der Waals surface area contributed by atoms with Gasteiger partial charge in [0, 0.05) is 17.5 Å². The van der Waals surface area contributed by atoms with Crippen LogP contribution in [-0.2, 0) is 0 Å². The molecule has 1 aromatic carbocycles. The van der Waals surface area contributed by atoms with E-state index in [4.69, 9.17) is 0 Å². The average Bonchev–Trinajstić information content (AvgIpc) is 2.30. The van der Waals surface area contributed by atoms with Crippen LogP contribution in [0.5, 0.6) is 0 Å². The number of rotatable bonds is 2. The van der Waals surface area contributed by atoms with Crippen molar-refractivity contribution in [1.82, 2.24) is 9.97 Å². The van der Waals surface area contributed by atoms with Gasteiger partial charge in [0.25, 0.3) is 0 Å². The van der Waals surface area contributed by atoms with E-state index in [9.17, 15) is 0 Å². The summed E-state index contributed by atoms with van der Waals surface area (Å²) in [7, 11) is 0. The first-order chi connectivity index (χ1) is 7.79. The zero-order valence-corrected chi connectivity index (χ0v) is 9.51. The molecular formula is C14H14N2. The Bertz CT molecular complexity index is 498. The van der Waals surface area contributed by atoms with Crippen LogP contribution in [0.2, 0.25) is 0 Å². The van der Waals surface area contributed by atoms with E-state index in [1.807, 2.05) is 38.1 Å². The highest BCUT2D eigenvalue weighted by atomic mass is 14.9. The number of aryl methyl sites for hydroxylation is 1. The molecule has 2 heteroatoms. The molecule has 0 amide bonds. The van der Waals surface area contributed by atoms with Crippen LogP contribution in [-0.4, -0.2) is 9.97 Å². The molecule has 2 nitrogen and oxygen atoms in total. The number of hydrogen-bond acceptors (Lipinski definition) is 2. The molecule has 0 aliphatic heterocycles. The van der Waals surface area contributed by atoms with E-state index >= 15 is 0 Å². The SMILES string of the molecule is C/C=C/c1ccc(-c2nccc(C)n2)cc1. The van der Waals surface area contributed by atoms with Gasteiger partial charge >= 0.3 is 0 Å². The molecule has 0 unspecified atom stereocenters. The first-order valence-corrected chi connectivity index (χ1v) is 5.32. The van der Waals surface area contributed by atoms with Crippen LogP contribution in [0, 0.1) is 6.92 Å². The van der Waals surface area contributed by atoms with Crippen LogP contribution in [0.1, 0.15) is 18.2 Å². The Morgan fingerprint density at radius 2 is 1.81 bits per heavy atom. The Morgan fingerprint density at radius 1 is 1.06 bits per heavy atom. The Hall–Kier alpha value is -1.96. The van der Waals surface area contributed by atoms with Crippen LogP contribution >= 0.6 is 0 Å². The Balaban J connectivity index is 2.34. The molecule has 0 aliphatic carbocycles. The van der Waals surface area contributed by atoms with Crippen molar-refractivity contribution in [2.45, 2.75) is 13.8 Å². The second-order valence-electron chi connectivity index (χ2n) is 3.64. The van der Waals surface area contributed by atoms with Gasteiger partial charge < -0.3 is 0 Å². The third kappa shape index (κ3) is 2.34. The van der Waals surface area contributed by atoms with Crippen LogP contribution in [0.3, 0.4) is 0 Å². The first kappa shape index (κ1) is 10.6. The number of hydrogen-bond donors (Lipinski definition) is 0. The van der Waals surface area contributed by atoms with E-state index < -0.39 is 0 Å². The van der Waals surface area contributed by atoms with Gasteiger partial charge in [-0.15, -0.1) is 0 Å². The van der Waals surface area contributed by atoms with Gasteiger partial charge in [-0.05, 0) is 25.5 Å². The second-order valence-corrected chi connectivity index (χ2v) is 3.64. The lowest BCUT2D eigenvalue weighted by molar-refractivity contribution is 1.11. The summed E-state index contributed by atoms with van der Waals surface area (Å²) in [4.78, 5) is 8.65. The molecule has 0 atom stereocenters. The normalized spacial score (nSPS) is 10.9. The summed E-state index contributed by atoms with van der Waals surface area (Å²) >= 11 is 0. The number of aromatic nitrogens is 2. The minimum Gasteiger partial charge on any atom is -0.237 e. The molecule has 0 radical (unpaired) electrons. The molecular weight excluding hydrogens is 196 g/mol. The lowest BCUT2D eigenvalue weighted by Gasteiger charge is -2.01. The number of benzene rings is 1. The second kappa shape index (κ2) is 4.71. The van der Waals surface area contributed by atoms with E-state index in [2.05, 4.69) is 28.2 Å². The zero-order valence-electron chi connectivity index (χ0n) is 9.51. The van der Waals surface area contributed by atoms with Gasteiger partial charge in [-0.3, -0.25) is 0 Å². The van der Waals surface area contributed by atoms with Gasteiger partial charge in [-0.2, -0.15) is 0 Å². The Kier molecular flexibility index (Phi) is 3.10. The minimum atomic E-state index is 0.784. The van der Waals surface area contributed by atoms with Crippen molar-refractivity contribution in [2.24, 2.45) is 0 Å². The summed E-state index contributed by atoms with van der Waals surface area (Å²) in [5.74, 6) is 0.784. The minimum absolute atomic E-state index is 0.784. The highest BCUT2D eigenvalue weighted by molar-refractivity contribution is 5.59. The van der Waals surface area contributed by atoms with Crippen molar-refractivity contribution in [2.75, 3.05) is 0 Å². The van der Waals surface area contributed by atoms with Crippen LogP contribution in [0.25, 0.3) is 17.5 Å². The van der Waals surface area contributed by atoms with Crippen molar-refractivity contribution in [3.05, 3.63) is 53.9 Å². The molecule has 1 aromatic heterocycles. The molecule has 2 aromatic rings. The fourth-order valence-corrected chi connectivity index (χ4v) is 1.52. The fraction of sp³-hybridized carbons (Fsp3) is 0.143. The van der Waals surface area contributed by atoms with Gasteiger partial charge in [-0.1, -0.05) is 36.4 Å². The van der Waals surface area contributed by atoms with E-state index in [1.165, 1.54) is 5.56 Å². The maximum atomic E-state index is 4.39. The number of allylic oxidation sites excluding steroid dienone is 1. The van der Waals surface area contributed by atoms with E-state index in [-0.39, 0.29) is 0 Å². The van der Waals surface area contributed by atoms with Crippen molar-refractivity contribution in [3.8, 4) is 11.4 Å². The lowest BCUT2D eigenvalue weighted by atomic mass is 10.1. The van der Waals surface area contributed by atoms with Crippen molar-refractivity contribution < 1.29 is 0 Å². The van der Waals surface area contributed by atoms with Crippen molar-refractivity contribution in [1.29, 1.82) is 0 Å². The third-order valence-electron chi connectivity index (χ3n) is 2.32. The van der Waals surface area contributed by atoms with Crippen molar-refractivity contribution >= 4 is 6.08 Å². The van der Waals surface area contributed by atoms with E-state index in [0.717, 1.165) is 17.1 Å². The molecule has 80 valence electrons. The predicted octanol–water partition coefficient (Wildman–Crippen LogP) is 3.49. The van der Waals surface area contributed by atoms with Gasteiger partial charge in [0.05, 0.1) is 0 Å². The highest BCUT2D eigenvalue weighted by Gasteiger charge is 1.99. The molecule has 0 saturated heterocycles. The molecule has 0 fully saturated rings. The Morgan fingerprint density at radius 3 is 2.44 bits per heavy atom. The number of nitrogens with zero attached hydrogens (tertiary/aromatic N) is 2. The smallest absolute Gasteiger partial charge is 0.159 e. The molecule has 0 saturated carbocycles. The summed E-state index contributed by atoms with van der Waals surface area (Å²) in [6.07, 6.45) is 5.89.